The molecule has 140 valence electrons. The Kier molecular flexibility index (Phi) is 5.48. The number of carbonyl (C=O) groups is 2. The maximum Gasteiger partial charge on any atom is 0.278 e. The Morgan fingerprint density at radius 3 is 2.33 bits per heavy atom. The normalized spacial score (nSPS) is 15.6. The number of carbonyl (C=O) groups excluding carboxylic acids is 2. The highest BCUT2D eigenvalue weighted by Crippen LogP contribution is 2.15. The molecule has 8 heteroatoms. The number of amides is 1. The summed E-state index contributed by atoms with van der Waals surface area (Å²) in [4.78, 5) is 23.4. The van der Waals surface area contributed by atoms with Crippen LogP contribution in [0.1, 0.15) is 34.3 Å². The third kappa shape index (κ3) is 4.29. The Labute approximate surface area is 157 Å². The van der Waals surface area contributed by atoms with Crippen LogP contribution in [-0.4, -0.2) is 30.5 Å². The minimum absolute atomic E-state index is 0.0183. The molecule has 27 heavy (non-hydrogen) atoms. The van der Waals surface area contributed by atoms with Crippen LogP contribution >= 0.6 is 0 Å². The van der Waals surface area contributed by atoms with E-state index in [4.69, 9.17) is 5.73 Å². The third-order valence-corrected chi connectivity index (χ3v) is 6.01. The highest BCUT2D eigenvalue weighted by molar-refractivity contribution is 8.07. The van der Waals surface area contributed by atoms with Crippen molar-refractivity contribution in [3.05, 3.63) is 71.3 Å². The monoisotopic (exact) mass is 385 g/mol. The number of sulfone groups is 1. The zero-order valence-corrected chi connectivity index (χ0v) is 15.3. The zero-order chi connectivity index (χ0) is 19.4. The Bertz CT molecular complexity index is 983. The minimum atomic E-state index is -4.16. The number of hydrogen-bond acceptors (Lipinski definition) is 6. The second kappa shape index (κ2) is 7.81. The van der Waals surface area contributed by atoms with E-state index in [1.807, 2.05) is 0 Å². The summed E-state index contributed by atoms with van der Waals surface area (Å²) in [6.07, 6.45) is 0.945. The fourth-order valence-electron chi connectivity index (χ4n) is 2.73. The first-order valence-corrected chi connectivity index (χ1v) is 9.96. The molecule has 1 heterocycles. The summed E-state index contributed by atoms with van der Waals surface area (Å²) in [5.41, 5.74) is 10.7. The van der Waals surface area contributed by atoms with Gasteiger partial charge in [0, 0.05) is 24.8 Å². The molecule has 0 saturated carbocycles. The van der Waals surface area contributed by atoms with Crippen LogP contribution in [0.5, 0.6) is 0 Å². The lowest BCUT2D eigenvalue weighted by Gasteiger charge is -2.14. The molecule has 0 fully saturated rings. The first-order valence-electron chi connectivity index (χ1n) is 8.41. The number of nitrogens with one attached hydrogen (secondary N) is 1. The molecule has 3 N–H and O–H groups in total. The molecule has 7 nitrogen and oxygen atoms in total. The molecule has 1 atom stereocenters. The number of nitrogens with zero attached hydrogens (tertiary/aromatic N) is 1. The van der Waals surface area contributed by atoms with E-state index in [1.165, 1.54) is 12.1 Å². The van der Waals surface area contributed by atoms with E-state index in [1.54, 1.807) is 42.5 Å². The first-order chi connectivity index (χ1) is 12.9. The molecule has 0 radical (unpaired) electrons. The van der Waals surface area contributed by atoms with Crippen LogP contribution in [-0.2, 0) is 21.1 Å². The summed E-state index contributed by atoms with van der Waals surface area (Å²) in [7, 11) is -4.16. The van der Waals surface area contributed by atoms with Crippen molar-refractivity contribution in [2.45, 2.75) is 24.6 Å². The van der Waals surface area contributed by atoms with Crippen molar-refractivity contribution in [1.29, 1.82) is 0 Å². The standard InChI is InChI=1S/C19H19N3O4S/c20-17(27(25,26)19(24)15-4-2-1-3-5-15)12-13-6-8-14(9-7-13)16-10-11-18(23)22-21-16/h1-9,17H,10-12,20H2,(H,22,23). The van der Waals surface area contributed by atoms with E-state index >= 15 is 0 Å². The molecule has 3 rings (SSSR count). The highest BCUT2D eigenvalue weighted by atomic mass is 32.2. The van der Waals surface area contributed by atoms with Crippen LogP contribution in [0.25, 0.3) is 0 Å². The fraction of sp³-hybridized carbons (Fsp3) is 0.211. The predicted molar refractivity (Wildman–Crippen MR) is 102 cm³/mol. The molecule has 0 spiro atoms. The van der Waals surface area contributed by atoms with Gasteiger partial charge in [-0.1, -0.05) is 54.6 Å². The Hall–Kier alpha value is -2.84. The van der Waals surface area contributed by atoms with Crippen molar-refractivity contribution in [3.8, 4) is 0 Å². The first kappa shape index (κ1) is 18.9. The Balaban J connectivity index is 1.71. The Morgan fingerprint density at radius 1 is 1.07 bits per heavy atom. The molecule has 1 aliphatic heterocycles. The molecule has 1 aliphatic rings. The summed E-state index contributed by atoms with van der Waals surface area (Å²) in [5.74, 6) is -0.116. The van der Waals surface area contributed by atoms with E-state index in [2.05, 4.69) is 10.5 Å². The lowest BCUT2D eigenvalue weighted by molar-refractivity contribution is -0.121. The molecule has 1 unspecified atom stereocenters. The van der Waals surface area contributed by atoms with Crippen molar-refractivity contribution < 1.29 is 18.0 Å². The van der Waals surface area contributed by atoms with Gasteiger partial charge in [-0.05, 0) is 11.1 Å². The quantitative estimate of drug-likeness (QED) is 0.806. The van der Waals surface area contributed by atoms with Gasteiger partial charge in [-0.3, -0.25) is 9.59 Å². The number of rotatable bonds is 5. The van der Waals surface area contributed by atoms with Crippen molar-refractivity contribution in [2.75, 3.05) is 0 Å². The maximum atomic E-state index is 12.4. The lowest BCUT2D eigenvalue weighted by Crippen LogP contribution is -2.37. The Morgan fingerprint density at radius 2 is 1.74 bits per heavy atom. The van der Waals surface area contributed by atoms with Gasteiger partial charge in [0.25, 0.3) is 5.12 Å². The van der Waals surface area contributed by atoms with Crippen LogP contribution < -0.4 is 11.2 Å². The van der Waals surface area contributed by atoms with Crippen molar-refractivity contribution in [1.82, 2.24) is 5.43 Å². The van der Waals surface area contributed by atoms with Crippen LogP contribution in [0.3, 0.4) is 0 Å². The van der Waals surface area contributed by atoms with E-state index in [9.17, 15) is 18.0 Å². The van der Waals surface area contributed by atoms with Gasteiger partial charge in [0.2, 0.25) is 15.7 Å². The second-order valence-electron chi connectivity index (χ2n) is 6.23. The van der Waals surface area contributed by atoms with E-state index < -0.39 is 20.3 Å². The SMILES string of the molecule is NC(Cc1ccc(C2=NNC(=O)CC2)cc1)S(=O)(=O)C(=O)c1ccccc1. The van der Waals surface area contributed by atoms with Crippen LogP contribution in [0.15, 0.2) is 59.7 Å². The van der Waals surface area contributed by atoms with Gasteiger partial charge in [0.1, 0.15) is 5.37 Å². The maximum absolute atomic E-state index is 12.4. The summed E-state index contributed by atoms with van der Waals surface area (Å²) in [6, 6.07) is 14.9. The van der Waals surface area contributed by atoms with E-state index in [-0.39, 0.29) is 17.9 Å². The average Bonchev–Trinajstić information content (AvgIpc) is 2.69. The molecule has 0 bridgehead atoms. The van der Waals surface area contributed by atoms with Gasteiger partial charge < -0.3 is 5.73 Å². The van der Waals surface area contributed by atoms with E-state index in [0.29, 0.717) is 18.4 Å². The molecular weight excluding hydrogens is 366 g/mol. The molecule has 2 aromatic carbocycles. The summed E-state index contributed by atoms with van der Waals surface area (Å²) in [5, 5.41) is 1.72. The number of hydrogen-bond donors (Lipinski definition) is 2. The second-order valence-corrected chi connectivity index (χ2v) is 8.30. The van der Waals surface area contributed by atoms with Gasteiger partial charge in [-0.15, -0.1) is 0 Å². The van der Waals surface area contributed by atoms with Crippen molar-refractivity contribution >= 4 is 26.6 Å². The molecule has 0 aliphatic carbocycles. The summed E-state index contributed by atoms with van der Waals surface area (Å²) < 4.78 is 24.9. The van der Waals surface area contributed by atoms with Crippen LogP contribution in [0.2, 0.25) is 0 Å². The molecule has 0 saturated heterocycles. The molecule has 2 aromatic rings. The molecule has 0 aromatic heterocycles. The van der Waals surface area contributed by atoms with Gasteiger partial charge in [-0.25, -0.2) is 13.8 Å². The smallest absolute Gasteiger partial charge is 0.278 e. The molecular formula is C19H19N3O4S. The van der Waals surface area contributed by atoms with E-state index in [0.717, 1.165) is 11.3 Å². The van der Waals surface area contributed by atoms with Gasteiger partial charge >= 0.3 is 0 Å². The number of benzene rings is 2. The average molecular weight is 385 g/mol. The topological polar surface area (TPSA) is 119 Å². The lowest BCUT2D eigenvalue weighted by atomic mass is 10.0. The van der Waals surface area contributed by atoms with Crippen molar-refractivity contribution in [2.24, 2.45) is 10.8 Å². The van der Waals surface area contributed by atoms with Crippen LogP contribution in [0, 0.1) is 0 Å². The van der Waals surface area contributed by atoms with Crippen LogP contribution in [0.4, 0.5) is 0 Å². The highest BCUT2D eigenvalue weighted by Gasteiger charge is 2.31. The largest absolute Gasteiger partial charge is 0.314 e. The third-order valence-electron chi connectivity index (χ3n) is 4.29. The van der Waals surface area contributed by atoms with Gasteiger partial charge in [0.15, 0.2) is 0 Å². The number of nitrogens with two attached hydrogens (primary N) is 1. The van der Waals surface area contributed by atoms with Gasteiger partial charge in [-0.2, -0.15) is 5.10 Å². The fourth-order valence-corrected chi connectivity index (χ4v) is 3.89. The predicted octanol–water partition coefficient (Wildman–Crippen LogP) is 1.38. The minimum Gasteiger partial charge on any atom is -0.314 e. The summed E-state index contributed by atoms with van der Waals surface area (Å²) >= 11 is 0. The number of hydrazone groups is 1. The zero-order valence-electron chi connectivity index (χ0n) is 14.5. The van der Waals surface area contributed by atoms with Gasteiger partial charge in [0.05, 0.1) is 5.71 Å². The van der Waals surface area contributed by atoms with Crippen molar-refractivity contribution in [3.63, 3.8) is 0 Å². The molecule has 1 amide bonds. The summed E-state index contributed by atoms with van der Waals surface area (Å²) in [6.45, 7) is 0.